The number of nitrogens with one attached hydrogen (secondary N) is 1. The van der Waals surface area contributed by atoms with Crippen LogP contribution in [0.25, 0.3) is 16.5 Å². The minimum absolute atomic E-state index is 0.0223. The van der Waals surface area contributed by atoms with Gasteiger partial charge in [-0.25, -0.2) is 13.6 Å². The molecule has 1 aromatic heterocycles. The summed E-state index contributed by atoms with van der Waals surface area (Å²) in [5.74, 6) is -3.87. The van der Waals surface area contributed by atoms with E-state index in [0.717, 1.165) is 54.3 Å². The van der Waals surface area contributed by atoms with Crippen LogP contribution in [0, 0.1) is 11.6 Å². The number of carboxylic acid groups (broad SMARTS) is 1. The lowest BCUT2D eigenvalue weighted by Gasteiger charge is -2.33. The van der Waals surface area contributed by atoms with E-state index in [1.54, 1.807) is 0 Å². The first kappa shape index (κ1) is 19.5. The van der Waals surface area contributed by atoms with Crippen LogP contribution in [0.15, 0.2) is 48.7 Å². The smallest absolute Gasteiger partial charge is 0.339 e. The fraction of sp³-hybridized carbons (Fsp3) is 0.250. The average Bonchev–Trinajstić information content (AvgIpc) is 3.33. The molecule has 2 aliphatic rings. The molecule has 3 aromatic rings. The summed E-state index contributed by atoms with van der Waals surface area (Å²) in [6.45, 7) is 0.274. The van der Waals surface area contributed by atoms with Crippen LogP contribution in [-0.2, 0) is 10.2 Å². The molecule has 1 aliphatic heterocycles. The summed E-state index contributed by atoms with van der Waals surface area (Å²) >= 11 is 0. The van der Waals surface area contributed by atoms with E-state index in [1.807, 2.05) is 24.3 Å². The van der Waals surface area contributed by atoms with Crippen LogP contribution in [-0.4, -0.2) is 33.4 Å². The molecule has 5 rings (SSSR count). The molecule has 1 fully saturated rings. The third-order valence-electron chi connectivity index (χ3n) is 6.48. The number of para-hydroxylation sites is 1. The van der Waals surface area contributed by atoms with E-state index in [4.69, 9.17) is 0 Å². The number of amides is 1. The summed E-state index contributed by atoms with van der Waals surface area (Å²) in [5, 5.41) is 10.9. The fourth-order valence-corrected chi connectivity index (χ4v) is 5.11. The number of aromatic nitrogens is 1. The maximum absolute atomic E-state index is 13.8. The summed E-state index contributed by atoms with van der Waals surface area (Å²) < 4.78 is 27.1. The summed E-state index contributed by atoms with van der Waals surface area (Å²) in [6.07, 6.45) is 4.88. The van der Waals surface area contributed by atoms with Crippen molar-refractivity contribution in [2.45, 2.75) is 31.1 Å². The van der Waals surface area contributed by atoms with Gasteiger partial charge in [0.15, 0.2) is 11.6 Å². The van der Waals surface area contributed by atoms with Crippen molar-refractivity contribution in [1.82, 2.24) is 9.88 Å². The van der Waals surface area contributed by atoms with Gasteiger partial charge in [-0.3, -0.25) is 4.79 Å². The average molecular weight is 422 g/mol. The normalized spacial score (nSPS) is 17.5. The number of hydrogen-bond donors (Lipinski definition) is 2. The Morgan fingerprint density at radius 1 is 1.03 bits per heavy atom. The van der Waals surface area contributed by atoms with E-state index in [2.05, 4.69) is 4.98 Å². The van der Waals surface area contributed by atoms with Gasteiger partial charge in [0.2, 0.25) is 0 Å². The Morgan fingerprint density at radius 3 is 2.48 bits per heavy atom. The molecule has 5 nitrogen and oxygen atoms in total. The third kappa shape index (κ3) is 3.03. The van der Waals surface area contributed by atoms with E-state index in [1.165, 1.54) is 17.2 Å². The number of hydrogen-bond acceptors (Lipinski definition) is 2. The Labute approximate surface area is 177 Å². The van der Waals surface area contributed by atoms with Gasteiger partial charge in [-0.15, -0.1) is 0 Å². The Hall–Kier alpha value is -3.48. The van der Waals surface area contributed by atoms with Crippen LogP contribution < -0.4 is 0 Å². The number of carboxylic acids is 1. The topological polar surface area (TPSA) is 73.4 Å². The van der Waals surface area contributed by atoms with Gasteiger partial charge in [-0.05, 0) is 42.7 Å². The Balaban J connectivity index is 1.70. The van der Waals surface area contributed by atoms with Crippen molar-refractivity contribution in [3.63, 3.8) is 0 Å². The number of carbonyl (C=O) groups is 2. The third-order valence-corrected chi connectivity index (χ3v) is 6.48. The highest BCUT2D eigenvalue weighted by Gasteiger charge is 2.44. The molecular formula is C24H20F2N2O3. The van der Waals surface area contributed by atoms with Gasteiger partial charge in [-0.2, -0.15) is 0 Å². The quantitative estimate of drug-likeness (QED) is 0.621. The standard InChI is InChI=1S/C24H20F2N2O3/c25-17-8-7-14(11-18(17)26)22(29)28-12-16(23(30)31)21-20(24(13-28)9-3-4-10-24)15-5-1-2-6-19(15)27-21/h1-2,5-8,11-12,27H,3-4,9-10,13H2,(H,30,31). The number of H-pyrrole nitrogens is 1. The first-order valence-electron chi connectivity index (χ1n) is 10.2. The highest BCUT2D eigenvalue weighted by atomic mass is 19.2. The van der Waals surface area contributed by atoms with Gasteiger partial charge in [-0.1, -0.05) is 31.0 Å². The Kier molecular flexibility index (Phi) is 4.43. The second-order valence-electron chi connectivity index (χ2n) is 8.32. The van der Waals surface area contributed by atoms with E-state index in [0.29, 0.717) is 5.69 Å². The minimum atomic E-state index is -1.16. The van der Waals surface area contributed by atoms with Gasteiger partial charge in [0.1, 0.15) is 0 Å². The van der Waals surface area contributed by atoms with Crippen LogP contribution in [0.5, 0.6) is 0 Å². The van der Waals surface area contributed by atoms with Crippen molar-refractivity contribution < 1.29 is 23.5 Å². The highest BCUT2D eigenvalue weighted by molar-refractivity contribution is 6.17. The largest absolute Gasteiger partial charge is 0.478 e. The molecule has 158 valence electrons. The van der Waals surface area contributed by atoms with Gasteiger partial charge < -0.3 is 15.0 Å². The van der Waals surface area contributed by atoms with Crippen LogP contribution in [0.2, 0.25) is 0 Å². The van der Waals surface area contributed by atoms with Crippen molar-refractivity contribution >= 4 is 28.4 Å². The number of carbonyl (C=O) groups excluding carboxylic acids is 1. The molecule has 1 aliphatic carbocycles. The van der Waals surface area contributed by atoms with Crippen molar-refractivity contribution in [1.29, 1.82) is 0 Å². The molecule has 1 amide bonds. The SMILES string of the molecule is O=C(O)C1=CN(C(=O)c2ccc(F)c(F)c2)CC2(CCCC2)c2c1[nH]c1ccccc21. The van der Waals surface area contributed by atoms with Gasteiger partial charge in [0, 0.05) is 34.6 Å². The molecule has 0 radical (unpaired) electrons. The lowest BCUT2D eigenvalue weighted by molar-refractivity contribution is -0.130. The van der Waals surface area contributed by atoms with Crippen molar-refractivity contribution in [3.8, 4) is 0 Å². The highest BCUT2D eigenvalue weighted by Crippen LogP contribution is 2.49. The number of aliphatic carboxylic acids is 1. The summed E-state index contributed by atoms with van der Waals surface area (Å²) in [7, 11) is 0. The van der Waals surface area contributed by atoms with E-state index < -0.39 is 28.9 Å². The first-order valence-corrected chi connectivity index (χ1v) is 10.2. The van der Waals surface area contributed by atoms with Crippen LogP contribution in [0.1, 0.15) is 47.3 Å². The van der Waals surface area contributed by atoms with Gasteiger partial charge in [0.05, 0.1) is 11.3 Å². The van der Waals surface area contributed by atoms with Crippen molar-refractivity contribution in [3.05, 3.63) is 77.1 Å². The van der Waals surface area contributed by atoms with Crippen LogP contribution in [0.4, 0.5) is 8.78 Å². The minimum Gasteiger partial charge on any atom is -0.478 e. The van der Waals surface area contributed by atoms with Gasteiger partial charge >= 0.3 is 5.97 Å². The number of benzene rings is 2. The first-order chi connectivity index (χ1) is 14.9. The molecule has 0 atom stereocenters. The maximum Gasteiger partial charge on any atom is 0.339 e. The zero-order chi connectivity index (χ0) is 21.8. The molecule has 0 saturated heterocycles. The van der Waals surface area contributed by atoms with Crippen molar-refractivity contribution in [2.75, 3.05) is 6.54 Å². The second-order valence-corrected chi connectivity index (χ2v) is 8.32. The number of fused-ring (bicyclic) bond motifs is 4. The molecule has 1 spiro atoms. The maximum atomic E-state index is 13.8. The molecule has 2 aromatic carbocycles. The Morgan fingerprint density at radius 2 is 1.77 bits per heavy atom. The molecule has 31 heavy (non-hydrogen) atoms. The predicted octanol–water partition coefficient (Wildman–Crippen LogP) is 4.84. The number of halogens is 2. The lowest BCUT2D eigenvalue weighted by Crippen LogP contribution is -2.39. The summed E-state index contributed by atoms with van der Waals surface area (Å²) in [5.41, 5.74) is 1.82. The molecule has 0 unspecified atom stereocenters. The van der Waals surface area contributed by atoms with Crippen molar-refractivity contribution in [2.24, 2.45) is 0 Å². The van der Waals surface area contributed by atoms with E-state index in [9.17, 15) is 23.5 Å². The molecule has 0 bridgehead atoms. The molecular weight excluding hydrogens is 402 g/mol. The molecule has 7 heteroatoms. The summed E-state index contributed by atoms with van der Waals surface area (Å²) in [4.78, 5) is 30.1. The predicted molar refractivity (Wildman–Crippen MR) is 111 cm³/mol. The zero-order valence-corrected chi connectivity index (χ0v) is 16.6. The van der Waals surface area contributed by atoms with Crippen LogP contribution >= 0.6 is 0 Å². The summed E-state index contributed by atoms with van der Waals surface area (Å²) in [6, 6.07) is 10.7. The monoisotopic (exact) mass is 422 g/mol. The van der Waals surface area contributed by atoms with E-state index in [-0.39, 0.29) is 17.7 Å². The lowest BCUT2D eigenvalue weighted by atomic mass is 9.76. The van der Waals surface area contributed by atoms with Crippen LogP contribution in [0.3, 0.4) is 0 Å². The molecule has 2 N–H and O–H groups in total. The Bertz CT molecular complexity index is 1250. The second kappa shape index (κ2) is 7.04. The zero-order valence-electron chi connectivity index (χ0n) is 16.6. The number of rotatable bonds is 2. The molecule has 2 heterocycles. The van der Waals surface area contributed by atoms with Gasteiger partial charge in [0.25, 0.3) is 5.91 Å². The number of nitrogens with zero attached hydrogens (tertiary/aromatic N) is 1. The number of aromatic amines is 1. The molecule has 1 saturated carbocycles. The van der Waals surface area contributed by atoms with E-state index >= 15 is 0 Å². The fourth-order valence-electron chi connectivity index (χ4n) is 5.11.